The Kier molecular flexibility index (Phi) is 3.69. The molecule has 1 atom stereocenters. The number of imidazole rings is 1. The van der Waals surface area contributed by atoms with E-state index in [9.17, 15) is 0 Å². The first-order chi connectivity index (χ1) is 7.77. The van der Waals surface area contributed by atoms with Gasteiger partial charge in [0.25, 0.3) is 0 Å². The molecule has 0 saturated carbocycles. The quantitative estimate of drug-likeness (QED) is 0.860. The zero-order valence-electron chi connectivity index (χ0n) is 9.55. The number of nitrogens with zero attached hydrogens (tertiary/aromatic N) is 3. The molecule has 0 fully saturated rings. The van der Waals surface area contributed by atoms with Crippen LogP contribution in [0.4, 0.5) is 0 Å². The van der Waals surface area contributed by atoms with E-state index in [0.717, 1.165) is 23.8 Å². The molecule has 2 aromatic rings. The number of rotatable bonds is 5. The predicted octanol–water partition coefficient (Wildman–Crippen LogP) is 1.77. The van der Waals surface area contributed by atoms with Gasteiger partial charge in [0, 0.05) is 44.0 Å². The van der Waals surface area contributed by atoms with Crippen molar-refractivity contribution in [2.24, 2.45) is 7.05 Å². The van der Waals surface area contributed by atoms with E-state index in [-0.39, 0.29) is 0 Å². The molecule has 0 aromatic carbocycles. The Morgan fingerprint density at radius 3 is 2.94 bits per heavy atom. The monoisotopic (exact) mass is 236 g/mol. The van der Waals surface area contributed by atoms with Crippen LogP contribution in [-0.2, 0) is 13.5 Å². The lowest BCUT2D eigenvalue weighted by atomic mass is 10.3. The first-order valence-corrected chi connectivity index (χ1v) is 6.24. The molecule has 0 aliphatic heterocycles. The molecule has 86 valence electrons. The molecule has 0 bridgehead atoms. The van der Waals surface area contributed by atoms with Gasteiger partial charge in [-0.2, -0.15) is 0 Å². The van der Waals surface area contributed by atoms with Gasteiger partial charge in [0.2, 0.25) is 0 Å². The first-order valence-electron chi connectivity index (χ1n) is 5.36. The van der Waals surface area contributed by atoms with Gasteiger partial charge >= 0.3 is 0 Å². The van der Waals surface area contributed by atoms with Crippen LogP contribution < -0.4 is 5.32 Å². The topological polar surface area (TPSA) is 42.7 Å². The van der Waals surface area contributed by atoms with Gasteiger partial charge in [-0.1, -0.05) is 0 Å². The molecule has 16 heavy (non-hydrogen) atoms. The minimum Gasteiger partial charge on any atom is -0.338 e. The van der Waals surface area contributed by atoms with Gasteiger partial charge in [-0.3, -0.25) is 0 Å². The molecule has 1 unspecified atom stereocenters. The highest BCUT2D eigenvalue weighted by Gasteiger charge is 2.07. The molecule has 0 radical (unpaired) electrons. The number of aryl methyl sites for hydroxylation is 1. The number of thiazole rings is 1. The van der Waals surface area contributed by atoms with E-state index in [4.69, 9.17) is 0 Å². The predicted molar refractivity (Wildman–Crippen MR) is 65.4 cm³/mol. The van der Waals surface area contributed by atoms with E-state index < -0.39 is 0 Å². The fourth-order valence-corrected chi connectivity index (χ4v) is 2.24. The molecule has 0 saturated heterocycles. The summed E-state index contributed by atoms with van der Waals surface area (Å²) in [6.07, 6.45) is 6.59. The molecule has 2 aromatic heterocycles. The Morgan fingerprint density at radius 1 is 1.44 bits per heavy atom. The first kappa shape index (κ1) is 11.3. The number of aromatic nitrogens is 3. The zero-order chi connectivity index (χ0) is 11.4. The van der Waals surface area contributed by atoms with Crippen molar-refractivity contribution in [3.63, 3.8) is 0 Å². The Bertz CT molecular complexity index is 421. The summed E-state index contributed by atoms with van der Waals surface area (Å²) in [6, 6.07) is 0.320. The van der Waals surface area contributed by atoms with Crippen LogP contribution in [0.3, 0.4) is 0 Å². The highest BCUT2D eigenvalue weighted by molar-refractivity contribution is 7.09. The molecule has 2 heterocycles. The van der Waals surface area contributed by atoms with Crippen LogP contribution in [0.15, 0.2) is 24.0 Å². The van der Waals surface area contributed by atoms with Crippen LogP contribution in [0.25, 0.3) is 0 Å². The standard InChI is InChI=1S/C11H16N4S/c1-9(11-14-6-8-16-11)12-4-3-10-13-5-7-15(10)2/h5-9,12H,3-4H2,1-2H3. The van der Waals surface area contributed by atoms with Crippen molar-refractivity contribution in [3.05, 3.63) is 34.8 Å². The maximum Gasteiger partial charge on any atom is 0.109 e. The average molecular weight is 236 g/mol. The van der Waals surface area contributed by atoms with Gasteiger partial charge in [-0.05, 0) is 6.92 Å². The second-order valence-corrected chi connectivity index (χ2v) is 4.68. The molecule has 0 aliphatic rings. The minimum atomic E-state index is 0.320. The van der Waals surface area contributed by atoms with Crippen molar-refractivity contribution >= 4 is 11.3 Å². The average Bonchev–Trinajstić information content (AvgIpc) is 2.90. The number of hydrogen-bond acceptors (Lipinski definition) is 4. The maximum absolute atomic E-state index is 4.29. The van der Waals surface area contributed by atoms with Crippen LogP contribution in [0.2, 0.25) is 0 Å². The lowest BCUT2D eigenvalue weighted by Gasteiger charge is -2.10. The fraction of sp³-hybridized carbons (Fsp3) is 0.455. The lowest BCUT2D eigenvalue weighted by molar-refractivity contribution is 0.562. The second-order valence-electron chi connectivity index (χ2n) is 3.75. The van der Waals surface area contributed by atoms with Gasteiger partial charge in [-0.15, -0.1) is 11.3 Å². The van der Waals surface area contributed by atoms with Gasteiger partial charge < -0.3 is 9.88 Å². The van der Waals surface area contributed by atoms with Gasteiger partial charge in [0.15, 0.2) is 0 Å². The molecule has 0 amide bonds. The summed E-state index contributed by atoms with van der Waals surface area (Å²) in [7, 11) is 2.02. The summed E-state index contributed by atoms with van der Waals surface area (Å²) in [6.45, 7) is 3.06. The summed E-state index contributed by atoms with van der Waals surface area (Å²) in [4.78, 5) is 8.57. The van der Waals surface area contributed by atoms with Crippen molar-refractivity contribution in [3.8, 4) is 0 Å². The molecule has 4 nitrogen and oxygen atoms in total. The van der Waals surface area contributed by atoms with Crippen LogP contribution >= 0.6 is 11.3 Å². The smallest absolute Gasteiger partial charge is 0.109 e. The third-order valence-corrected chi connectivity index (χ3v) is 3.50. The van der Waals surface area contributed by atoms with Crippen LogP contribution in [0, 0.1) is 0 Å². The Balaban J connectivity index is 1.78. The van der Waals surface area contributed by atoms with Crippen molar-refractivity contribution in [1.82, 2.24) is 19.9 Å². The summed E-state index contributed by atoms with van der Waals surface area (Å²) < 4.78 is 2.05. The summed E-state index contributed by atoms with van der Waals surface area (Å²) in [5.74, 6) is 1.11. The zero-order valence-corrected chi connectivity index (χ0v) is 10.4. The molecule has 1 N–H and O–H groups in total. The largest absolute Gasteiger partial charge is 0.338 e. The Labute approximate surface area is 99.4 Å². The lowest BCUT2D eigenvalue weighted by Crippen LogP contribution is -2.22. The number of hydrogen-bond donors (Lipinski definition) is 1. The molecule has 0 spiro atoms. The van der Waals surface area contributed by atoms with Gasteiger partial charge in [0.05, 0.1) is 6.04 Å². The molecule has 5 heteroatoms. The van der Waals surface area contributed by atoms with E-state index >= 15 is 0 Å². The van der Waals surface area contributed by atoms with Crippen molar-refractivity contribution in [2.45, 2.75) is 19.4 Å². The van der Waals surface area contributed by atoms with Crippen molar-refractivity contribution in [1.29, 1.82) is 0 Å². The normalized spacial score (nSPS) is 12.9. The van der Waals surface area contributed by atoms with E-state index in [1.807, 2.05) is 31.0 Å². The van der Waals surface area contributed by atoms with Gasteiger partial charge in [-0.25, -0.2) is 9.97 Å². The van der Waals surface area contributed by atoms with E-state index in [1.54, 1.807) is 11.3 Å². The second kappa shape index (κ2) is 5.23. The summed E-state index contributed by atoms with van der Waals surface area (Å²) in [5.41, 5.74) is 0. The number of nitrogens with one attached hydrogen (secondary N) is 1. The van der Waals surface area contributed by atoms with Crippen molar-refractivity contribution in [2.75, 3.05) is 6.54 Å². The van der Waals surface area contributed by atoms with Crippen molar-refractivity contribution < 1.29 is 0 Å². The summed E-state index contributed by atoms with van der Waals surface area (Å²) in [5, 5.41) is 6.59. The molecular weight excluding hydrogens is 220 g/mol. The Morgan fingerprint density at radius 2 is 2.31 bits per heavy atom. The van der Waals surface area contributed by atoms with E-state index in [2.05, 4.69) is 26.8 Å². The van der Waals surface area contributed by atoms with Crippen LogP contribution in [0.1, 0.15) is 23.8 Å². The van der Waals surface area contributed by atoms with Crippen LogP contribution in [0.5, 0.6) is 0 Å². The Hall–Kier alpha value is -1.20. The third kappa shape index (κ3) is 2.68. The fourth-order valence-electron chi connectivity index (χ4n) is 1.57. The molecular formula is C11H16N4S. The summed E-state index contributed by atoms with van der Waals surface area (Å²) >= 11 is 1.69. The van der Waals surface area contributed by atoms with Gasteiger partial charge in [0.1, 0.15) is 10.8 Å². The highest BCUT2D eigenvalue weighted by Crippen LogP contribution is 2.14. The molecule has 0 aliphatic carbocycles. The van der Waals surface area contributed by atoms with E-state index in [1.165, 1.54) is 0 Å². The SMILES string of the molecule is CC(NCCc1nccn1C)c1nccs1. The van der Waals surface area contributed by atoms with Crippen LogP contribution in [-0.4, -0.2) is 21.1 Å². The highest BCUT2D eigenvalue weighted by atomic mass is 32.1. The minimum absolute atomic E-state index is 0.320. The molecule has 2 rings (SSSR count). The maximum atomic E-state index is 4.29. The van der Waals surface area contributed by atoms with E-state index in [0.29, 0.717) is 6.04 Å². The third-order valence-electron chi connectivity index (χ3n) is 2.54.